The summed E-state index contributed by atoms with van der Waals surface area (Å²) in [6, 6.07) is 7.52. The number of hydrogen-bond donors (Lipinski definition) is 3. The normalized spacial score (nSPS) is 21.1. The van der Waals surface area contributed by atoms with E-state index in [-0.39, 0.29) is 37.7 Å². The average Bonchev–Trinajstić information content (AvgIpc) is 3.44. The van der Waals surface area contributed by atoms with Gasteiger partial charge in [0.1, 0.15) is 12.1 Å². The van der Waals surface area contributed by atoms with Gasteiger partial charge in [-0.1, -0.05) is 56.3 Å². The molecule has 202 valence electrons. The van der Waals surface area contributed by atoms with E-state index in [1.54, 1.807) is 10.9 Å². The summed E-state index contributed by atoms with van der Waals surface area (Å²) in [6.07, 6.45) is 3.16. The highest BCUT2D eigenvalue weighted by Crippen LogP contribution is 2.40. The molecule has 2 fully saturated rings. The van der Waals surface area contributed by atoms with Gasteiger partial charge in [-0.3, -0.25) is 9.59 Å². The number of nitrogens with zero attached hydrogens (tertiary/aromatic N) is 4. The summed E-state index contributed by atoms with van der Waals surface area (Å²) in [7, 11) is -3.62. The van der Waals surface area contributed by atoms with Crippen molar-refractivity contribution in [3.63, 3.8) is 0 Å². The summed E-state index contributed by atoms with van der Waals surface area (Å²) in [4.78, 5) is 28.1. The van der Waals surface area contributed by atoms with Crippen LogP contribution in [0.4, 0.5) is 0 Å². The first-order valence-corrected chi connectivity index (χ1v) is 14.3. The molecule has 3 N–H and O–H groups in total. The number of amides is 2. The summed E-state index contributed by atoms with van der Waals surface area (Å²) in [5.74, 6) is -0.737. The summed E-state index contributed by atoms with van der Waals surface area (Å²) < 4.78 is 28.8. The van der Waals surface area contributed by atoms with Crippen molar-refractivity contribution in [1.29, 1.82) is 0 Å². The molecule has 1 aliphatic carbocycles. The summed E-state index contributed by atoms with van der Waals surface area (Å²) >= 11 is 0. The van der Waals surface area contributed by atoms with Gasteiger partial charge in [-0.25, -0.2) is 17.8 Å². The SMILES string of the molecule is CC(C)(C)[C@@H](C(=O)N1CC(O)CC1C(=O)NCCS(=O)(=O)NCc1ccccc1)n1cc(C2CC2)nn1. The lowest BCUT2D eigenvalue weighted by Gasteiger charge is -2.34. The number of rotatable bonds is 10. The zero-order valence-corrected chi connectivity index (χ0v) is 22.3. The number of carbonyl (C=O) groups excluding carboxylic acids is 2. The van der Waals surface area contributed by atoms with Gasteiger partial charge in [0.25, 0.3) is 0 Å². The molecular formula is C25H36N6O5S. The molecule has 0 radical (unpaired) electrons. The molecule has 0 bridgehead atoms. The number of β-amino-alcohol motifs (C(OH)–C–C–N with tert-alkyl or cyclic N) is 1. The van der Waals surface area contributed by atoms with Crippen molar-refractivity contribution in [1.82, 2.24) is 29.9 Å². The lowest BCUT2D eigenvalue weighted by molar-refractivity contribution is -0.144. The molecule has 37 heavy (non-hydrogen) atoms. The standard InChI is InChI=1S/C25H36N6O5S/c1-25(2,3)22(31-16-20(28-29-31)18-9-10-18)24(34)30-15-19(32)13-21(30)23(33)26-11-12-37(35,36)27-14-17-7-5-4-6-8-17/h4-8,16,18-19,21-22,27,32H,9-15H2,1-3H3,(H,26,33)/t19?,21?,22-/m1/s1. The van der Waals surface area contributed by atoms with Crippen molar-refractivity contribution in [2.75, 3.05) is 18.8 Å². The molecule has 12 heteroatoms. The van der Waals surface area contributed by atoms with Crippen LogP contribution in [0.15, 0.2) is 36.5 Å². The van der Waals surface area contributed by atoms with Crippen molar-refractivity contribution < 1.29 is 23.1 Å². The van der Waals surface area contributed by atoms with Crippen molar-refractivity contribution in [3.8, 4) is 0 Å². The van der Waals surface area contributed by atoms with E-state index < -0.39 is 39.5 Å². The maximum Gasteiger partial charge on any atom is 0.248 e. The van der Waals surface area contributed by atoms with Crippen molar-refractivity contribution in [3.05, 3.63) is 47.8 Å². The number of benzene rings is 1. The zero-order chi connectivity index (χ0) is 26.8. The molecule has 2 amide bonds. The molecule has 2 aromatic rings. The Morgan fingerprint density at radius 2 is 1.89 bits per heavy atom. The first-order valence-electron chi connectivity index (χ1n) is 12.6. The highest BCUT2D eigenvalue weighted by Gasteiger charge is 2.45. The summed E-state index contributed by atoms with van der Waals surface area (Å²) in [6.45, 7) is 5.82. The van der Waals surface area contributed by atoms with Crippen molar-refractivity contribution >= 4 is 21.8 Å². The first kappa shape index (κ1) is 27.2. The second-order valence-electron chi connectivity index (χ2n) is 11.0. The molecule has 1 saturated heterocycles. The van der Waals surface area contributed by atoms with Crippen LogP contribution in [0.5, 0.6) is 0 Å². The number of aliphatic hydroxyl groups excluding tert-OH is 1. The minimum absolute atomic E-state index is 0.0185. The number of sulfonamides is 1. The van der Waals surface area contributed by atoms with E-state index in [0.717, 1.165) is 24.1 Å². The Hall–Kier alpha value is -2.83. The van der Waals surface area contributed by atoms with E-state index in [4.69, 9.17) is 0 Å². The van der Waals surface area contributed by atoms with Gasteiger partial charge in [0.15, 0.2) is 0 Å². The van der Waals surface area contributed by atoms with Gasteiger partial charge in [-0.2, -0.15) is 0 Å². The van der Waals surface area contributed by atoms with Gasteiger partial charge in [0.05, 0.1) is 17.6 Å². The summed E-state index contributed by atoms with van der Waals surface area (Å²) in [5, 5.41) is 21.4. The lowest BCUT2D eigenvalue weighted by Crippen LogP contribution is -2.51. The van der Waals surface area contributed by atoms with E-state index in [2.05, 4.69) is 20.4 Å². The molecule has 2 aliphatic rings. The van der Waals surface area contributed by atoms with E-state index in [9.17, 15) is 23.1 Å². The summed E-state index contributed by atoms with van der Waals surface area (Å²) in [5.41, 5.74) is 1.16. The number of nitrogens with one attached hydrogen (secondary N) is 2. The molecule has 1 aromatic heterocycles. The van der Waals surface area contributed by atoms with Gasteiger partial charge in [-0.15, -0.1) is 5.10 Å². The predicted molar refractivity (Wildman–Crippen MR) is 137 cm³/mol. The molecule has 1 saturated carbocycles. The van der Waals surface area contributed by atoms with Gasteiger partial charge < -0.3 is 15.3 Å². The fourth-order valence-corrected chi connectivity index (χ4v) is 5.52. The zero-order valence-electron chi connectivity index (χ0n) is 21.5. The first-order chi connectivity index (χ1) is 17.4. The molecule has 2 unspecified atom stereocenters. The van der Waals surface area contributed by atoms with Gasteiger partial charge >= 0.3 is 0 Å². The predicted octanol–water partition coefficient (Wildman–Crippen LogP) is 0.940. The van der Waals surface area contributed by atoms with Crippen LogP contribution in [0.1, 0.15) is 63.3 Å². The van der Waals surface area contributed by atoms with E-state index >= 15 is 0 Å². The molecule has 1 aromatic carbocycles. The van der Waals surface area contributed by atoms with Gasteiger partial charge in [-0.05, 0) is 23.8 Å². The molecule has 1 aliphatic heterocycles. The van der Waals surface area contributed by atoms with E-state index in [1.807, 2.05) is 51.1 Å². The Bertz CT molecular complexity index is 1210. The molecular weight excluding hydrogens is 496 g/mol. The second kappa shape index (κ2) is 10.9. The number of aromatic nitrogens is 3. The molecule has 4 rings (SSSR count). The fourth-order valence-electron chi connectivity index (χ4n) is 4.61. The quantitative estimate of drug-likeness (QED) is 0.413. The second-order valence-corrected chi connectivity index (χ2v) is 12.9. The minimum Gasteiger partial charge on any atom is -0.391 e. The van der Waals surface area contributed by atoms with Crippen LogP contribution in [0.25, 0.3) is 0 Å². The number of carbonyl (C=O) groups is 2. The maximum absolute atomic E-state index is 13.7. The third kappa shape index (κ3) is 6.93. The lowest BCUT2D eigenvalue weighted by atomic mass is 9.85. The van der Waals surface area contributed by atoms with Crippen LogP contribution < -0.4 is 10.0 Å². The number of aliphatic hydroxyl groups is 1. The largest absolute Gasteiger partial charge is 0.391 e. The van der Waals surface area contributed by atoms with E-state index in [1.165, 1.54) is 4.90 Å². The third-order valence-corrected chi connectivity index (χ3v) is 8.04. The maximum atomic E-state index is 13.7. The highest BCUT2D eigenvalue weighted by atomic mass is 32.2. The Balaban J connectivity index is 1.38. The van der Waals surface area contributed by atoms with Crippen LogP contribution in [0, 0.1) is 5.41 Å². The Kier molecular flexibility index (Phi) is 8.00. The monoisotopic (exact) mass is 532 g/mol. The smallest absolute Gasteiger partial charge is 0.248 e. The Morgan fingerprint density at radius 1 is 1.19 bits per heavy atom. The van der Waals surface area contributed by atoms with Crippen molar-refractivity contribution in [2.24, 2.45) is 5.41 Å². The number of likely N-dealkylation sites (tertiary alicyclic amines) is 1. The van der Waals surface area contributed by atoms with Crippen LogP contribution in [-0.4, -0.2) is 76.2 Å². The molecule has 2 heterocycles. The fraction of sp³-hybridized carbons (Fsp3) is 0.600. The highest BCUT2D eigenvalue weighted by molar-refractivity contribution is 7.89. The minimum atomic E-state index is -3.62. The van der Waals surface area contributed by atoms with E-state index in [0.29, 0.717) is 5.92 Å². The Morgan fingerprint density at radius 3 is 2.54 bits per heavy atom. The van der Waals surface area contributed by atoms with Crippen LogP contribution >= 0.6 is 0 Å². The molecule has 3 atom stereocenters. The van der Waals surface area contributed by atoms with Crippen LogP contribution in [-0.2, 0) is 26.2 Å². The van der Waals surface area contributed by atoms with Gasteiger partial charge in [0.2, 0.25) is 21.8 Å². The van der Waals surface area contributed by atoms with Crippen LogP contribution in [0.2, 0.25) is 0 Å². The average molecular weight is 533 g/mol. The van der Waals surface area contributed by atoms with Gasteiger partial charge in [0, 0.05) is 38.2 Å². The Labute approximate surface area is 217 Å². The molecule has 11 nitrogen and oxygen atoms in total. The van der Waals surface area contributed by atoms with Crippen molar-refractivity contribution in [2.45, 2.75) is 70.7 Å². The number of hydrogen-bond acceptors (Lipinski definition) is 7. The topological polar surface area (TPSA) is 147 Å². The molecule has 0 spiro atoms. The van der Waals surface area contributed by atoms with Crippen LogP contribution in [0.3, 0.4) is 0 Å². The third-order valence-electron chi connectivity index (χ3n) is 6.72.